The maximum atomic E-state index is 3.69. The molecule has 0 bridgehead atoms. The molecule has 1 N–H and O–H groups in total. The van der Waals surface area contributed by atoms with Crippen LogP contribution in [0.2, 0.25) is 0 Å². The zero-order valence-electron chi connectivity index (χ0n) is 13.0. The van der Waals surface area contributed by atoms with E-state index in [0.717, 1.165) is 19.4 Å². The van der Waals surface area contributed by atoms with Crippen molar-refractivity contribution in [3.05, 3.63) is 71.4 Å². The Labute approximate surface area is 131 Å². The maximum Gasteiger partial charge on any atom is 0.0501 e. The molecule has 0 radical (unpaired) electrons. The molecule has 2 nitrogen and oxygen atoms in total. The molecule has 1 aromatic heterocycles. The molecule has 112 valence electrons. The molecule has 2 heteroatoms. The van der Waals surface area contributed by atoms with Crippen molar-refractivity contribution in [2.24, 2.45) is 0 Å². The number of aryl methyl sites for hydroxylation is 1. The van der Waals surface area contributed by atoms with Crippen LogP contribution in [0.3, 0.4) is 0 Å². The van der Waals surface area contributed by atoms with Crippen LogP contribution in [0.15, 0.2) is 54.6 Å². The topological polar surface area (TPSA) is 19.0 Å². The normalized spacial score (nSPS) is 18.5. The van der Waals surface area contributed by atoms with Gasteiger partial charge in [0, 0.05) is 23.1 Å². The fourth-order valence-corrected chi connectivity index (χ4v) is 3.75. The summed E-state index contributed by atoms with van der Waals surface area (Å²) in [5.41, 5.74) is 5.68. The van der Waals surface area contributed by atoms with Crippen molar-refractivity contribution >= 4 is 10.9 Å². The van der Waals surface area contributed by atoms with E-state index in [0.29, 0.717) is 6.04 Å². The predicted octanol–water partition coefficient (Wildman–Crippen LogP) is 4.33. The Kier molecular flexibility index (Phi) is 3.47. The highest BCUT2D eigenvalue weighted by Gasteiger charge is 2.27. The SMILES string of the molecule is CN1CCc2c([nH]c3ccccc23)C1CCc1ccccc1. The van der Waals surface area contributed by atoms with Crippen molar-refractivity contribution in [3.63, 3.8) is 0 Å². The first-order valence-electron chi connectivity index (χ1n) is 8.16. The molecule has 0 spiro atoms. The minimum absolute atomic E-state index is 0.497. The van der Waals surface area contributed by atoms with Gasteiger partial charge in [0.1, 0.15) is 0 Å². The summed E-state index contributed by atoms with van der Waals surface area (Å²) in [6.07, 6.45) is 3.45. The van der Waals surface area contributed by atoms with Crippen molar-refractivity contribution in [2.75, 3.05) is 13.6 Å². The van der Waals surface area contributed by atoms with Gasteiger partial charge < -0.3 is 4.98 Å². The number of nitrogens with one attached hydrogen (secondary N) is 1. The van der Waals surface area contributed by atoms with Crippen LogP contribution in [0.4, 0.5) is 0 Å². The van der Waals surface area contributed by atoms with Crippen LogP contribution in [0.25, 0.3) is 10.9 Å². The molecule has 1 atom stereocenters. The molecular weight excluding hydrogens is 268 g/mol. The zero-order valence-corrected chi connectivity index (χ0v) is 13.0. The lowest BCUT2D eigenvalue weighted by Gasteiger charge is -2.33. The lowest BCUT2D eigenvalue weighted by molar-refractivity contribution is 0.216. The van der Waals surface area contributed by atoms with Crippen LogP contribution in [0.5, 0.6) is 0 Å². The second kappa shape index (κ2) is 5.62. The van der Waals surface area contributed by atoms with Crippen molar-refractivity contribution in [2.45, 2.75) is 25.3 Å². The highest BCUT2D eigenvalue weighted by atomic mass is 15.1. The quantitative estimate of drug-likeness (QED) is 0.760. The third-order valence-corrected chi connectivity index (χ3v) is 4.98. The first-order valence-corrected chi connectivity index (χ1v) is 8.16. The van der Waals surface area contributed by atoms with Gasteiger partial charge in [-0.15, -0.1) is 0 Å². The number of fused-ring (bicyclic) bond motifs is 3. The summed E-state index contributed by atoms with van der Waals surface area (Å²) in [7, 11) is 2.25. The van der Waals surface area contributed by atoms with E-state index in [9.17, 15) is 0 Å². The third-order valence-electron chi connectivity index (χ3n) is 4.98. The number of aromatic nitrogens is 1. The number of H-pyrrole nitrogens is 1. The maximum absolute atomic E-state index is 3.69. The zero-order chi connectivity index (χ0) is 14.9. The molecule has 0 saturated heterocycles. The number of hydrogen-bond acceptors (Lipinski definition) is 1. The van der Waals surface area contributed by atoms with Gasteiger partial charge in [-0.1, -0.05) is 48.5 Å². The lowest BCUT2D eigenvalue weighted by atomic mass is 9.93. The third kappa shape index (κ3) is 2.34. The number of aromatic amines is 1. The van der Waals surface area contributed by atoms with Crippen molar-refractivity contribution in [1.82, 2.24) is 9.88 Å². The summed E-state index contributed by atoms with van der Waals surface area (Å²) in [4.78, 5) is 6.19. The Morgan fingerprint density at radius 3 is 2.68 bits per heavy atom. The number of nitrogens with zero attached hydrogens (tertiary/aromatic N) is 1. The summed E-state index contributed by atoms with van der Waals surface area (Å²) >= 11 is 0. The van der Waals surface area contributed by atoms with Crippen LogP contribution >= 0.6 is 0 Å². The average Bonchev–Trinajstić information content (AvgIpc) is 2.93. The van der Waals surface area contributed by atoms with Crippen LogP contribution in [-0.4, -0.2) is 23.5 Å². The van der Waals surface area contributed by atoms with Crippen molar-refractivity contribution in [1.29, 1.82) is 0 Å². The Bertz CT molecular complexity index is 773. The van der Waals surface area contributed by atoms with Gasteiger partial charge in [-0.2, -0.15) is 0 Å². The molecule has 1 unspecified atom stereocenters. The summed E-state index contributed by atoms with van der Waals surface area (Å²) in [6, 6.07) is 20.0. The molecule has 0 aliphatic carbocycles. The minimum Gasteiger partial charge on any atom is -0.357 e. The summed E-state index contributed by atoms with van der Waals surface area (Å²) in [5, 5.41) is 1.41. The van der Waals surface area contributed by atoms with Gasteiger partial charge in [-0.05, 0) is 43.5 Å². The molecule has 2 aromatic carbocycles. The first kappa shape index (κ1) is 13.6. The van der Waals surface area contributed by atoms with Gasteiger partial charge in [0.15, 0.2) is 0 Å². The standard InChI is InChI=1S/C20H22N2/c1-22-14-13-17-16-9-5-6-10-18(16)21-20(17)19(22)12-11-15-7-3-2-4-8-15/h2-10,19,21H,11-14H2,1H3. The molecule has 1 aliphatic heterocycles. The van der Waals surface area contributed by atoms with E-state index in [-0.39, 0.29) is 0 Å². The molecule has 22 heavy (non-hydrogen) atoms. The number of para-hydroxylation sites is 1. The van der Waals surface area contributed by atoms with Crippen molar-refractivity contribution in [3.8, 4) is 0 Å². The molecule has 2 heterocycles. The largest absolute Gasteiger partial charge is 0.357 e. The van der Waals surface area contributed by atoms with Gasteiger partial charge >= 0.3 is 0 Å². The van der Waals surface area contributed by atoms with E-state index in [1.54, 1.807) is 0 Å². The van der Waals surface area contributed by atoms with Gasteiger partial charge in [-0.3, -0.25) is 4.90 Å². The highest BCUT2D eigenvalue weighted by Crippen LogP contribution is 2.35. The van der Waals surface area contributed by atoms with E-state index in [1.165, 1.54) is 34.1 Å². The molecule has 0 saturated carbocycles. The number of benzene rings is 2. The summed E-state index contributed by atoms with van der Waals surface area (Å²) < 4.78 is 0. The highest BCUT2D eigenvalue weighted by molar-refractivity contribution is 5.85. The molecule has 0 fully saturated rings. The smallest absolute Gasteiger partial charge is 0.0501 e. The van der Waals surface area contributed by atoms with Crippen LogP contribution in [0, 0.1) is 0 Å². The van der Waals surface area contributed by atoms with E-state index in [1.807, 2.05) is 0 Å². The number of hydrogen-bond donors (Lipinski definition) is 1. The van der Waals surface area contributed by atoms with Crippen LogP contribution in [0.1, 0.15) is 29.3 Å². The molecule has 1 aliphatic rings. The molecular formula is C20H22N2. The van der Waals surface area contributed by atoms with E-state index in [4.69, 9.17) is 0 Å². The summed E-state index contributed by atoms with van der Waals surface area (Å²) in [6.45, 7) is 1.15. The first-order chi connectivity index (χ1) is 10.8. The monoisotopic (exact) mass is 290 g/mol. The van der Waals surface area contributed by atoms with Crippen LogP contribution < -0.4 is 0 Å². The fourth-order valence-electron chi connectivity index (χ4n) is 3.75. The summed E-state index contributed by atoms with van der Waals surface area (Å²) in [5.74, 6) is 0. The predicted molar refractivity (Wildman–Crippen MR) is 92.1 cm³/mol. The molecule has 3 aromatic rings. The molecule has 4 rings (SSSR count). The van der Waals surface area contributed by atoms with Crippen molar-refractivity contribution < 1.29 is 0 Å². The lowest BCUT2D eigenvalue weighted by Crippen LogP contribution is -2.32. The second-order valence-corrected chi connectivity index (χ2v) is 6.33. The van der Waals surface area contributed by atoms with Crippen LogP contribution in [-0.2, 0) is 12.8 Å². The van der Waals surface area contributed by atoms with Gasteiger partial charge in [0.05, 0.1) is 6.04 Å². The minimum atomic E-state index is 0.497. The van der Waals surface area contributed by atoms with E-state index in [2.05, 4.69) is 71.5 Å². The van der Waals surface area contributed by atoms with Gasteiger partial charge in [0.2, 0.25) is 0 Å². The van der Waals surface area contributed by atoms with Gasteiger partial charge in [0.25, 0.3) is 0 Å². The fraction of sp³-hybridized carbons (Fsp3) is 0.300. The Balaban J connectivity index is 1.65. The Hall–Kier alpha value is -2.06. The second-order valence-electron chi connectivity index (χ2n) is 6.33. The Morgan fingerprint density at radius 1 is 1.05 bits per heavy atom. The number of likely N-dealkylation sites (N-methyl/N-ethyl adjacent to an activating group) is 1. The number of rotatable bonds is 3. The molecule has 0 amide bonds. The van der Waals surface area contributed by atoms with E-state index >= 15 is 0 Å². The Morgan fingerprint density at radius 2 is 1.82 bits per heavy atom. The van der Waals surface area contributed by atoms with E-state index < -0.39 is 0 Å². The van der Waals surface area contributed by atoms with Gasteiger partial charge in [-0.25, -0.2) is 0 Å². The average molecular weight is 290 g/mol.